The molecular formula is C23H28N3O4S2+. The monoisotopic (exact) mass is 474 g/mol. The van der Waals surface area contributed by atoms with Crippen molar-refractivity contribution in [3.8, 4) is 0 Å². The number of quaternary nitrogens is 1. The molecule has 2 fully saturated rings. The number of likely N-dealkylation sites (tertiary alicyclic amines) is 1. The van der Waals surface area contributed by atoms with Crippen LogP contribution in [0.25, 0.3) is 0 Å². The summed E-state index contributed by atoms with van der Waals surface area (Å²) < 4.78 is 0.972. The summed E-state index contributed by atoms with van der Waals surface area (Å²) in [7, 11) is 2.22. The lowest BCUT2D eigenvalue weighted by molar-refractivity contribution is -0.891. The van der Waals surface area contributed by atoms with Gasteiger partial charge in [-0.3, -0.25) is 14.5 Å². The summed E-state index contributed by atoms with van der Waals surface area (Å²) >= 11 is 2.90. The lowest BCUT2D eigenvalue weighted by Crippen LogP contribution is -2.70. The first-order chi connectivity index (χ1) is 15.4. The number of thioether (sulfide) groups is 2. The Kier molecular flexibility index (Phi) is 6.97. The Morgan fingerprint density at radius 1 is 1.28 bits per heavy atom. The lowest BCUT2D eigenvalue weighted by Gasteiger charge is -2.49. The van der Waals surface area contributed by atoms with Gasteiger partial charge in [0.25, 0.3) is 5.91 Å². The highest BCUT2D eigenvalue weighted by Crippen LogP contribution is 2.40. The smallest absolute Gasteiger partial charge is 0.352 e. The van der Waals surface area contributed by atoms with Gasteiger partial charge in [-0.1, -0.05) is 24.3 Å². The van der Waals surface area contributed by atoms with Crippen molar-refractivity contribution in [2.24, 2.45) is 0 Å². The Morgan fingerprint density at radius 2 is 2.00 bits per heavy atom. The van der Waals surface area contributed by atoms with Crippen molar-refractivity contribution >= 4 is 41.3 Å². The second kappa shape index (κ2) is 9.72. The number of aliphatic carboxylic acids is 1. The maximum Gasteiger partial charge on any atom is 0.352 e. The Balaban J connectivity index is 1.38. The molecule has 0 aliphatic carbocycles. The molecule has 2 amide bonds. The second-order valence-corrected chi connectivity index (χ2v) is 10.7. The molecule has 1 aromatic carbocycles. The summed E-state index contributed by atoms with van der Waals surface area (Å²) in [4.78, 5) is 39.4. The van der Waals surface area contributed by atoms with Crippen molar-refractivity contribution in [1.82, 2.24) is 10.2 Å². The van der Waals surface area contributed by atoms with Gasteiger partial charge in [-0.15, -0.1) is 23.5 Å². The van der Waals surface area contributed by atoms with E-state index in [4.69, 9.17) is 0 Å². The summed E-state index contributed by atoms with van der Waals surface area (Å²) in [5, 5.41) is 12.2. The molecule has 2 saturated heterocycles. The van der Waals surface area contributed by atoms with Crippen LogP contribution in [0.5, 0.6) is 0 Å². The number of rotatable bonds is 8. The number of carbonyl (C=O) groups excluding carboxylic acids is 2. The Labute approximate surface area is 196 Å². The molecule has 2 atom stereocenters. The minimum atomic E-state index is -1.10. The number of amides is 2. The van der Waals surface area contributed by atoms with Gasteiger partial charge in [0.15, 0.2) is 0 Å². The van der Waals surface area contributed by atoms with E-state index in [-0.39, 0.29) is 28.6 Å². The first-order valence-corrected chi connectivity index (χ1v) is 12.8. The fraction of sp³-hybridized carbons (Fsp3) is 0.435. The number of benzene rings is 1. The van der Waals surface area contributed by atoms with Gasteiger partial charge in [0.05, 0.1) is 32.4 Å². The number of likely N-dealkylation sites (N-methyl/N-ethyl adjacent to an activating group) is 1. The molecule has 0 radical (unpaired) electrons. The maximum absolute atomic E-state index is 12.8. The molecule has 2 N–H and O–H groups in total. The number of nitrogens with zero attached hydrogens (tertiary/aromatic N) is 2. The van der Waals surface area contributed by atoms with Gasteiger partial charge in [0.2, 0.25) is 5.91 Å². The van der Waals surface area contributed by atoms with Crippen LogP contribution in [-0.2, 0) is 14.4 Å². The van der Waals surface area contributed by atoms with Gasteiger partial charge >= 0.3 is 5.97 Å². The van der Waals surface area contributed by atoms with Crippen LogP contribution in [0, 0.1) is 0 Å². The van der Waals surface area contributed by atoms with Crippen LogP contribution in [-0.4, -0.2) is 81.9 Å². The highest BCUT2D eigenvalue weighted by Gasteiger charge is 2.53. The minimum absolute atomic E-state index is 0.0447. The van der Waals surface area contributed by atoms with E-state index in [9.17, 15) is 19.5 Å². The zero-order chi connectivity index (χ0) is 22.7. The molecule has 9 heteroatoms. The molecule has 0 bridgehead atoms. The fourth-order valence-corrected chi connectivity index (χ4v) is 6.43. The van der Waals surface area contributed by atoms with Crippen LogP contribution in [0.3, 0.4) is 0 Å². The molecule has 0 saturated carbocycles. The number of carboxylic acid groups (broad SMARTS) is 1. The van der Waals surface area contributed by atoms with Crippen molar-refractivity contribution in [2.75, 3.05) is 38.2 Å². The molecule has 170 valence electrons. The number of fused-ring (bicyclic) bond motifs is 1. The number of β-lactam (4-membered cyclic amide) rings is 1. The zero-order valence-electron chi connectivity index (χ0n) is 18.0. The quantitative estimate of drug-likeness (QED) is 0.342. The molecule has 0 aromatic heterocycles. The molecule has 32 heavy (non-hydrogen) atoms. The van der Waals surface area contributed by atoms with Crippen molar-refractivity contribution in [3.63, 3.8) is 0 Å². The van der Waals surface area contributed by atoms with Crippen LogP contribution >= 0.6 is 23.5 Å². The summed E-state index contributed by atoms with van der Waals surface area (Å²) in [6.07, 6.45) is 6.35. The molecule has 1 aromatic rings. The first-order valence-electron chi connectivity index (χ1n) is 10.8. The fourth-order valence-electron chi connectivity index (χ4n) is 4.38. The van der Waals surface area contributed by atoms with E-state index in [1.807, 2.05) is 42.5 Å². The predicted molar refractivity (Wildman–Crippen MR) is 126 cm³/mol. The van der Waals surface area contributed by atoms with Gasteiger partial charge < -0.3 is 14.9 Å². The Morgan fingerprint density at radius 3 is 2.69 bits per heavy atom. The van der Waals surface area contributed by atoms with E-state index in [0.717, 1.165) is 29.0 Å². The number of hydrogen-bond acceptors (Lipinski definition) is 5. The molecule has 3 aliphatic rings. The first kappa shape index (κ1) is 22.9. The molecular weight excluding hydrogens is 446 g/mol. The van der Waals surface area contributed by atoms with Gasteiger partial charge in [0.1, 0.15) is 17.1 Å². The lowest BCUT2D eigenvalue weighted by atomic mass is 10.0. The molecule has 3 heterocycles. The normalized spacial score (nSPS) is 24.4. The largest absolute Gasteiger partial charge is 0.477 e. The molecule has 0 spiro atoms. The summed E-state index contributed by atoms with van der Waals surface area (Å²) in [5.74, 6) is -0.984. The van der Waals surface area contributed by atoms with E-state index in [1.165, 1.54) is 41.3 Å². The van der Waals surface area contributed by atoms with Crippen LogP contribution in [0.15, 0.2) is 58.6 Å². The zero-order valence-corrected chi connectivity index (χ0v) is 19.7. The average molecular weight is 475 g/mol. The van der Waals surface area contributed by atoms with E-state index >= 15 is 0 Å². The number of carboxylic acids is 1. The van der Waals surface area contributed by atoms with Crippen molar-refractivity contribution in [1.29, 1.82) is 0 Å². The standard InChI is InChI=1S/C23H27N3O4S2/c1-26(11-5-6-12-26)13-7-8-16-14-32-22-19(21(28)25(22)20(16)23(29)30)24-18(27)15-31-17-9-3-2-4-10-17/h2-4,7-10,19,22H,5-6,11-15H2,1H3,(H-,24,27,29,30)/p+1/b8-7+/t19-,22-/m1/s1. The summed E-state index contributed by atoms with van der Waals surface area (Å²) in [5.41, 5.74) is 0.700. The molecule has 0 unspecified atom stereocenters. The van der Waals surface area contributed by atoms with Crippen molar-refractivity contribution in [2.45, 2.75) is 29.2 Å². The topological polar surface area (TPSA) is 86.7 Å². The van der Waals surface area contributed by atoms with Crippen LogP contribution in [0.1, 0.15) is 12.8 Å². The highest BCUT2D eigenvalue weighted by molar-refractivity contribution is 8.00. The third kappa shape index (κ3) is 4.89. The van der Waals surface area contributed by atoms with Gasteiger partial charge in [-0.05, 0) is 23.8 Å². The molecule has 4 rings (SSSR count). The van der Waals surface area contributed by atoms with Crippen LogP contribution in [0.2, 0.25) is 0 Å². The maximum atomic E-state index is 12.8. The third-order valence-corrected chi connectivity index (χ3v) is 8.46. The predicted octanol–water partition coefficient (Wildman–Crippen LogP) is 2.31. The number of carbonyl (C=O) groups is 3. The van der Waals surface area contributed by atoms with Gasteiger partial charge in [0, 0.05) is 23.5 Å². The van der Waals surface area contributed by atoms with Crippen LogP contribution < -0.4 is 5.32 Å². The number of hydrogen-bond donors (Lipinski definition) is 2. The van der Waals surface area contributed by atoms with Crippen molar-refractivity contribution < 1.29 is 24.0 Å². The van der Waals surface area contributed by atoms with Crippen LogP contribution in [0.4, 0.5) is 0 Å². The molecule has 7 nitrogen and oxygen atoms in total. The van der Waals surface area contributed by atoms with Crippen molar-refractivity contribution in [3.05, 3.63) is 53.8 Å². The summed E-state index contributed by atoms with van der Waals surface area (Å²) in [6, 6.07) is 8.90. The highest BCUT2D eigenvalue weighted by atomic mass is 32.2. The minimum Gasteiger partial charge on any atom is -0.477 e. The number of allylic oxidation sites excluding steroid dienone is 1. The SMILES string of the molecule is C[N+]1(C/C=C/C2=C(C(=O)O)N3C(=O)[C@@H](NC(=O)CSc4ccccc4)[C@H]3SC2)CCCC1. The Bertz CT molecular complexity index is 957. The second-order valence-electron chi connectivity index (χ2n) is 8.59. The Hall–Kier alpha value is -2.23. The third-order valence-electron chi connectivity index (χ3n) is 6.14. The van der Waals surface area contributed by atoms with Gasteiger partial charge in [-0.2, -0.15) is 0 Å². The molecule has 3 aliphatic heterocycles. The average Bonchev–Trinajstić information content (AvgIpc) is 3.22. The summed E-state index contributed by atoms with van der Waals surface area (Å²) in [6.45, 7) is 3.14. The number of nitrogens with one attached hydrogen (secondary N) is 1. The van der Waals surface area contributed by atoms with E-state index in [0.29, 0.717) is 11.3 Å². The van der Waals surface area contributed by atoms with E-state index < -0.39 is 12.0 Å². The van der Waals surface area contributed by atoms with Gasteiger partial charge in [-0.25, -0.2) is 4.79 Å². The van der Waals surface area contributed by atoms with E-state index in [2.05, 4.69) is 12.4 Å². The van der Waals surface area contributed by atoms with E-state index in [1.54, 1.807) is 0 Å².